The van der Waals surface area contributed by atoms with Gasteiger partial charge in [0.05, 0.1) is 23.3 Å². The number of aromatic nitrogens is 2. The predicted octanol–water partition coefficient (Wildman–Crippen LogP) is 5.89. The first-order valence-electron chi connectivity index (χ1n) is 12.4. The second-order valence-corrected chi connectivity index (χ2v) is 13.6. The highest BCUT2D eigenvalue weighted by Crippen LogP contribution is 2.51. The van der Waals surface area contributed by atoms with Crippen LogP contribution in [0.1, 0.15) is 48.6 Å². The van der Waals surface area contributed by atoms with Crippen LogP contribution in [0.25, 0.3) is 0 Å². The highest BCUT2D eigenvalue weighted by molar-refractivity contribution is 8.01. The molecule has 0 saturated heterocycles. The Morgan fingerprint density at radius 2 is 2.08 bits per heavy atom. The Bertz CT molecular complexity index is 1580. The van der Waals surface area contributed by atoms with E-state index >= 15 is 0 Å². The summed E-state index contributed by atoms with van der Waals surface area (Å²) in [6.07, 6.45) is 1.00. The Morgan fingerprint density at radius 1 is 1.28 bits per heavy atom. The van der Waals surface area contributed by atoms with Crippen molar-refractivity contribution in [1.82, 2.24) is 10.2 Å². The molecule has 1 unspecified atom stereocenters. The number of thioether (sulfide) groups is 1. The van der Waals surface area contributed by atoms with E-state index in [1.54, 1.807) is 4.90 Å². The number of carbonyl (C=O) groups is 2. The van der Waals surface area contributed by atoms with Crippen molar-refractivity contribution < 1.29 is 9.59 Å². The van der Waals surface area contributed by atoms with Gasteiger partial charge in [-0.25, -0.2) is 0 Å². The summed E-state index contributed by atoms with van der Waals surface area (Å²) in [5, 5.41) is 24.2. The summed E-state index contributed by atoms with van der Waals surface area (Å²) >= 11 is 4.10. The Labute approximate surface area is 239 Å². The average molecular weight is 577 g/mol. The van der Waals surface area contributed by atoms with Crippen molar-refractivity contribution >= 4 is 56.9 Å². The lowest BCUT2D eigenvalue weighted by molar-refractivity contribution is -0.118. The van der Waals surface area contributed by atoms with E-state index in [0.29, 0.717) is 33.5 Å². The van der Waals surface area contributed by atoms with E-state index in [-0.39, 0.29) is 28.7 Å². The number of nitrogens with two attached hydrogens (primary N) is 1. The number of benzene rings is 1. The minimum absolute atomic E-state index is 0.0243. The zero-order chi connectivity index (χ0) is 27.9. The Balaban J connectivity index is 1.46. The zero-order valence-corrected chi connectivity index (χ0v) is 24.5. The standard InChI is InChI=1S/C28H28N6O2S3/c1-15-6-5-7-17(10-15)31-21(36)14-38-27-33-32-26(39-27)34-19-11-28(3,4)12-20(35)23(19)22(18(13-29)25(34)30)24-16(2)8-9-37-24/h5-10,22H,11-12,14,30H2,1-4H3,(H,31,36). The molecule has 0 saturated carbocycles. The summed E-state index contributed by atoms with van der Waals surface area (Å²) in [7, 11) is 0. The van der Waals surface area contributed by atoms with E-state index in [2.05, 4.69) is 35.4 Å². The van der Waals surface area contributed by atoms with Crippen LogP contribution in [0.2, 0.25) is 0 Å². The lowest BCUT2D eigenvalue weighted by Crippen LogP contribution is -2.42. The van der Waals surface area contributed by atoms with Crippen LogP contribution in [-0.2, 0) is 9.59 Å². The van der Waals surface area contributed by atoms with Crippen LogP contribution in [0.15, 0.2) is 62.7 Å². The van der Waals surface area contributed by atoms with E-state index < -0.39 is 5.92 Å². The Morgan fingerprint density at radius 3 is 2.77 bits per heavy atom. The number of hydrogen-bond donors (Lipinski definition) is 2. The molecule has 1 atom stereocenters. The van der Waals surface area contributed by atoms with Crippen LogP contribution in [0.5, 0.6) is 0 Å². The number of nitrogens with zero attached hydrogens (tertiary/aromatic N) is 4. The van der Waals surface area contributed by atoms with Gasteiger partial charge in [0.25, 0.3) is 0 Å². The van der Waals surface area contributed by atoms with Crippen LogP contribution in [0, 0.1) is 30.6 Å². The fourth-order valence-corrected chi connectivity index (χ4v) is 7.79. The number of ketones is 1. The molecule has 2 aromatic heterocycles. The number of hydrogen-bond acceptors (Lipinski definition) is 10. The normalized spacial score (nSPS) is 18.7. The maximum atomic E-state index is 13.6. The molecule has 11 heteroatoms. The summed E-state index contributed by atoms with van der Waals surface area (Å²) in [6, 6.07) is 11.9. The fourth-order valence-electron chi connectivity index (χ4n) is 5.07. The van der Waals surface area contributed by atoms with Gasteiger partial charge in [0.1, 0.15) is 5.82 Å². The van der Waals surface area contributed by atoms with Gasteiger partial charge in [0.15, 0.2) is 10.1 Å². The molecular formula is C28H28N6O2S3. The van der Waals surface area contributed by atoms with Crippen LogP contribution in [-0.4, -0.2) is 27.6 Å². The van der Waals surface area contributed by atoms with E-state index in [1.165, 1.54) is 34.4 Å². The largest absolute Gasteiger partial charge is 0.384 e. The third-order valence-corrected chi connectivity index (χ3v) is 9.89. The van der Waals surface area contributed by atoms with Gasteiger partial charge >= 0.3 is 0 Å². The molecule has 0 spiro atoms. The van der Waals surface area contributed by atoms with E-state index in [4.69, 9.17) is 5.73 Å². The second kappa shape index (κ2) is 10.6. The molecule has 1 amide bonds. The molecule has 3 N–H and O–H groups in total. The molecule has 0 bridgehead atoms. The van der Waals surface area contributed by atoms with Gasteiger partial charge in [-0.2, -0.15) is 5.26 Å². The fraction of sp³-hybridized carbons (Fsp3) is 0.321. The first-order chi connectivity index (χ1) is 18.6. The first kappa shape index (κ1) is 27.1. The minimum atomic E-state index is -0.489. The van der Waals surface area contributed by atoms with E-state index in [1.807, 2.05) is 49.6 Å². The maximum absolute atomic E-state index is 13.6. The monoisotopic (exact) mass is 576 g/mol. The highest BCUT2D eigenvalue weighted by Gasteiger charge is 2.46. The van der Waals surface area contributed by atoms with Crippen molar-refractivity contribution in [3.63, 3.8) is 0 Å². The first-order valence-corrected chi connectivity index (χ1v) is 15.1. The number of Topliss-reactive ketones (excluding diaryl/α,β-unsaturated/α-hetero) is 1. The van der Waals surface area contributed by atoms with Crippen molar-refractivity contribution in [2.24, 2.45) is 11.1 Å². The number of nitriles is 1. The maximum Gasteiger partial charge on any atom is 0.234 e. The summed E-state index contributed by atoms with van der Waals surface area (Å²) in [5.74, 6) is -0.181. The minimum Gasteiger partial charge on any atom is -0.384 e. The summed E-state index contributed by atoms with van der Waals surface area (Å²) < 4.78 is 0.593. The molecule has 1 aliphatic carbocycles. The van der Waals surface area contributed by atoms with Crippen molar-refractivity contribution in [1.29, 1.82) is 5.26 Å². The van der Waals surface area contributed by atoms with Crippen LogP contribution >= 0.6 is 34.4 Å². The SMILES string of the molecule is Cc1cccc(NC(=O)CSc2nnc(N3C(N)=C(C#N)C(c4sccc4C)C4=C3CC(C)(C)CC4=O)s2)c1. The lowest BCUT2D eigenvalue weighted by Gasteiger charge is -2.42. The Hall–Kier alpha value is -3.46. The number of amides is 1. The number of allylic oxidation sites excluding steroid dienone is 3. The highest BCUT2D eigenvalue weighted by atomic mass is 32.2. The van der Waals surface area contributed by atoms with Gasteiger partial charge in [0.2, 0.25) is 11.0 Å². The number of carbonyl (C=O) groups excluding carboxylic acids is 2. The summed E-state index contributed by atoms with van der Waals surface area (Å²) in [6.45, 7) is 8.08. The number of nitrogens with one attached hydrogen (secondary N) is 1. The topological polar surface area (TPSA) is 125 Å². The smallest absolute Gasteiger partial charge is 0.234 e. The quantitative estimate of drug-likeness (QED) is 0.348. The molecular weight excluding hydrogens is 549 g/mol. The number of aryl methyl sites for hydroxylation is 2. The van der Waals surface area contributed by atoms with Crippen LogP contribution in [0.4, 0.5) is 10.8 Å². The molecule has 5 rings (SSSR count). The van der Waals surface area contributed by atoms with Crippen molar-refractivity contribution in [3.05, 3.63) is 74.4 Å². The zero-order valence-electron chi connectivity index (χ0n) is 22.1. The third-order valence-electron chi connectivity index (χ3n) is 6.76. The Kier molecular flexibility index (Phi) is 7.37. The van der Waals surface area contributed by atoms with Crippen molar-refractivity contribution in [3.8, 4) is 6.07 Å². The molecule has 8 nitrogen and oxygen atoms in total. The van der Waals surface area contributed by atoms with Crippen LogP contribution in [0.3, 0.4) is 0 Å². The number of anilines is 2. The van der Waals surface area contributed by atoms with E-state index in [0.717, 1.165) is 27.4 Å². The number of thiophene rings is 1. The van der Waals surface area contributed by atoms with Crippen molar-refractivity contribution in [2.75, 3.05) is 16.0 Å². The number of rotatable bonds is 6. The van der Waals surface area contributed by atoms with Gasteiger partial charge in [0, 0.05) is 28.3 Å². The average Bonchev–Trinajstić information content (AvgIpc) is 3.50. The van der Waals surface area contributed by atoms with Gasteiger partial charge in [-0.05, 0) is 60.4 Å². The molecule has 3 aromatic rings. The molecule has 1 aliphatic heterocycles. The van der Waals surface area contributed by atoms with Gasteiger partial charge < -0.3 is 11.1 Å². The third kappa shape index (κ3) is 5.37. The summed E-state index contributed by atoms with van der Waals surface area (Å²) in [5.41, 5.74) is 11.0. The van der Waals surface area contributed by atoms with Crippen molar-refractivity contribution in [2.45, 2.75) is 50.8 Å². The van der Waals surface area contributed by atoms with Gasteiger partial charge in [-0.3, -0.25) is 14.5 Å². The summed E-state index contributed by atoms with van der Waals surface area (Å²) in [4.78, 5) is 28.8. The molecule has 3 heterocycles. The van der Waals surface area contributed by atoms with Gasteiger partial charge in [-0.15, -0.1) is 21.5 Å². The molecule has 2 aliphatic rings. The molecule has 0 radical (unpaired) electrons. The van der Waals surface area contributed by atoms with E-state index in [9.17, 15) is 14.9 Å². The lowest BCUT2D eigenvalue weighted by atomic mass is 9.69. The molecule has 39 heavy (non-hydrogen) atoms. The molecule has 0 fully saturated rings. The van der Waals surface area contributed by atoms with Crippen LogP contribution < -0.4 is 16.0 Å². The molecule has 200 valence electrons. The van der Waals surface area contributed by atoms with Gasteiger partial charge in [-0.1, -0.05) is 49.1 Å². The molecule has 1 aromatic carbocycles. The second-order valence-electron chi connectivity index (χ2n) is 10.5. The predicted molar refractivity (Wildman–Crippen MR) is 157 cm³/mol.